The quantitative estimate of drug-likeness (QED) is 0.138. The zero-order valence-electron chi connectivity index (χ0n) is 20.2. The van der Waals surface area contributed by atoms with Crippen LogP contribution in [0.4, 0.5) is 0 Å². The second kappa shape index (κ2) is 11.2. The maximum Gasteiger partial charge on any atom is 0.322 e. The molecule has 2 aliphatic heterocycles. The number of nitrogens with two attached hydrogens (primary N) is 1. The highest BCUT2D eigenvalue weighted by Crippen LogP contribution is 2.31. The monoisotopic (exact) mass is 506 g/mol. The SMILES string of the molecule is N=C(N)c1ccc(C(=O)NCCCN2CCN(C3C(C(=O)O)NCC3c3ccccc3)C(=O)C2=O)cc1. The predicted octanol–water partition coefficient (Wildman–Crippen LogP) is -0.0298. The summed E-state index contributed by atoms with van der Waals surface area (Å²) >= 11 is 0. The van der Waals surface area contributed by atoms with Crippen molar-refractivity contribution in [2.24, 2.45) is 5.73 Å². The molecule has 4 rings (SSSR count). The van der Waals surface area contributed by atoms with Crippen LogP contribution in [0.1, 0.15) is 33.8 Å². The van der Waals surface area contributed by atoms with Crippen LogP contribution in [0.25, 0.3) is 0 Å². The van der Waals surface area contributed by atoms with E-state index < -0.39 is 29.9 Å². The molecule has 2 saturated heterocycles. The Kier molecular flexibility index (Phi) is 7.83. The number of carbonyl (C=O) groups is 4. The fraction of sp³-hybridized carbons (Fsp3) is 0.346. The average molecular weight is 507 g/mol. The third kappa shape index (κ3) is 5.61. The zero-order chi connectivity index (χ0) is 26.5. The number of carbonyl (C=O) groups excluding carboxylic acids is 3. The van der Waals surface area contributed by atoms with Crippen molar-refractivity contribution in [3.8, 4) is 0 Å². The van der Waals surface area contributed by atoms with Gasteiger partial charge in [0.15, 0.2) is 0 Å². The molecule has 2 aromatic rings. The van der Waals surface area contributed by atoms with Crippen molar-refractivity contribution >= 4 is 29.5 Å². The Balaban J connectivity index is 1.32. The van der Waals surface area contributed by atoms with Crippen LogP contribution in [0.5, 0.6) is 0 Å². The molecule has 2 aliphatic rings. The largest absolute Gasteiger partial charge is 0.480 e. The smallest absolute Gasteiger partial charge is 0.322 e. The van der Waals surface area contributed by atoms with Gasteiger partial charge in [0.05, 0.1) is 6.04 Å². The molecule has 194 valence electrons. The topological polar surface area (TPSA) is 169 Å². The number of aliphatic carboxylic acids is 1. The third-order valence-corrected chi connectivity index (χ3v) is 6.86. The number of benzene rings is 2. The summed E-state index contributed by atoms with van der Waals surface area (Å²) in [5.74, 6) is -3.04. The van der Waals surface area contributed by atoms with Gasteiger partial charge in [-0.3, -0.25) is 24.6 Å². The van der Waals surface area contributed by atoms with E-state index in [9.17, 15) is 24.3 Å². The fourth-order valence-electron chi connectivity index (χ4n) is 4.94. The highest BCUT2D eigenvalue weighted by Gasteiger charge is 2.48. The molecule has 11 heteroatoms. The Morgan fingerprint density at radius 1 is 1.03 bits per heavy atom. The molecule has 0 bridgehead atoms. The standard InChI is InChI=1S/C26H30N6O5/c27-22(28)17-7-9-18(10-8-17)23(33)29-11-4-12-31-13-14-32(25(35)24(31)34)21-19(15-30-20(21)26(36)37)16-5-2-1-3-6-16/h1-3,5-10,19-21,30H,4,11-15H2,(H3,27,28)(H,29,33)(H,36,37). The van der Waals surface area contributed by atoms with Crippen molar-refractivity contribution in [1.82, 2.24) is 20.4 Å². The maximum absolute atomic E-state index is 13.1. The summed E-state index contributed by atoms with van der Waals surface area (Å²) in [6.07, 6.45) is 0.450. The molecule has 3 amide bonds. The van der Waals surface area contributed by atoms with E-state index in [-0.39, 0.29) is 37.3 Å². The normalized spacial score (nSPS) is 21.7. The molecule has 2 aromatic carbocycles. The van der Waals surface area contributed by atoms with E-state index in [2.05, 4.69) is 10.6 Å². The number of piperazine rings is 1. The van der Waals surface area contributed by atoms with Gasteiger partial charge in [-0.2, -0.15) is 0 Å². The first-order chi connectivity index (χ1) is 17.8. The van der Waals surface area contributed by atoms with Crippen molar-refractivity contribution in [2.75, 3.05) is 32.7 Å². The minimum Gasteiger partial charge on any atom is -0.480 e. The van der Waals surface area contributed by atoms with Gasteiger partial charge in [0.1, 0.15) is 11.9 Å². The molecule has 0 radical (unpaired) electrons. The highest BCUT2D eigenvalue weighted by atomic mass is 16.4. The second-order valence-electron chi connectivity index (χ2n) is 9.12. The molecule has 0 spiro atoms. The van der Waals surface area contributed by atoms with Gasteiger partial charge in [-0.25, -0.2) is 0 Å². The minimum atomic E-state index is -1.06. The van der Waals surface area contributed by atoms with Crippen LogP contribution in [0, 0.1) is 5.41 Å². The van der Waals surface area contributed by atoms with E-state index in [1.165, 1.54) is 9.80 Å². The Bertz CT molecular complexity index is 1190. The number of nitrogens with one attached hydrogen (secondary N) is 3. The summed E-state index contributed by atoms with van der Waals surface area (Å²) in [6.45, 7) is 1.51. The third-order valence-electron chi connectivity index (χ3n) is 6.86. The maximum atomic E-state index is 13.1. The van der Waals surface area contributed by atoms with Gasteiger partial charge < -0.3 is 31.3 Å². The van der Waals surface area contributed by atoms with Crippen molar-refractivity contribution in [2.45, 2.75) is 24.4 Å². The van der Waals surface area contributed by atoms with Gasteiger partial charge in [0.2, 0.25) is 0 Å². The molecule has 2 heterocycles. The Hall–Kier alpha value is -4.25. The number of amides is 3. The van der Waals surface area contributed by atoms with Crippen LogP contribution < -0.4 is 16.4 Å². The molecule has 3 unspecified atom stereocenters. The molecule has 6 N–H and O–H groups in total. The number of hydrogen-bond donors (Lipinski definition) is 5. The number of nitrogen functional groups attached to an aromatic ring is 1. The summed E-state index contributed by atoms with van der Waals surface area (Å²) in [7, 11) is 0. The molecule has 11 nitrogen and oxygen atoms in total. The summed E-state index contributed by atoms with van der Waals surface area (Å²) < 4.78 is 0. The summed E-state index contributed by atoms with van der Waals surface area (Å²) in [4.78, 5) is 53.1. The lowest BCUT2D eigenvalue weighted by molar-refractivity contribution is -0.159. The van der Waals surface area contributed by atoms with Crippen molar-refractivity contribution in [1.29, 1.82) is 5.41 Å². The molecule has 37 heavy (non-hydrogen) atoms. The fourth-order valence-corrected chi connectivity index (χ4v) is 4.94. The average Bonchev–Trinajstić information content (AvgIpc) is 3.34. The van der Waals surface area contributed by atoms with E-state index in [1.807, 2.05) is 30.3 Å². The molecule has 0 aromatic heterocycles. The van der Waals surface area contributed by atoms with Crippen LogP contribution in [0.3, 0.4) is 0 Å². The van der Waals surface area contributed by atoms with E-state index in [0.717, 1.165) is 5.56 Å². The Labute approximate surface area is 214 Å². The minimum absolute atomic E-state index is 0.0791. The van der Waals surface area contributed by atoms with Crippen LogP contribution in [0.15, 0.2) is 54.6 Å². The predicted molar refractivity (Wildman–Crippen MR) is 135 cm³/mol. The van der Waals surface area contributed by atoms with E-state index >= 15 is 0 Å². The lowest BCUT2D eigenvalue weighted by Gasteiger charge is -2.40. The first kappa shape index (κ1) is 25.8. The van der Waals surface area contributed by atoms with E-state index in [4.69, 9.17) is 11.1 Å². The Morgan fingerprint density at radius 3 is 2.35 bits per heavy atom. The number of rotatable bonds is 9. The molecule has 2 fully saturated rings. The molecular formula is C26H30N6O5. The molecule has 0 aliphatic carbocycles. The zero-order valence-corrected chi connectivity index (χ0v) is 20.2. The Morgan fingerprint density at radius 2 is 1.70 bits per heavy atom. The summed E-state index contributed by atoms with van der Waals surface area (Å²) in [5.41, 5.74) is 7.29. The number of carboxylic acids is 1. The van der Waals surface area contributed by atoms with Gasteiger partial charge in [-0.05, 0) is 24.1 Å². The van der Waals surface area contributed by atoms with Gasteiger partial charge in [-0.15, -0.1) is 0 Å². The number of carboxylic acid groups (broad SMARTS) is 1. The van der Waals surface area contributed by atoms with Gasteiger partial charge in [0, 0.05) is 49.8 Å². The molecule has 0 saturated carbocycles. The van der Waals surface area contributed by atoms with E-state index in [0.29, 0.717) is 30.6 Å². The van der Waals surface area contributed by atoms with Crippen LogP contribution in [-0.2, 0) is 14.4 Å². The lowest BCUT2D eigenvalue weighted by atomic mass is 9.89. The van der Waals surface area contributed by atoms with Gasteiger partial charge in [0.25, 0.3) is 5.91 Å². The van der Waals surface area contributed by atoms with Gasteiger partial charge in [-0.1, -0.05) is 42.5 Å². The number of amidine groups is 1. The van der Waals surface area contributed by atoms with Crippen molar-refractivity contribution in [3.63, 3.8) is 0 Å². The molecule has 3 atom stereocenters. The summed E-state index contributed by atoms with van der Waals surface area (Å²) in [5, 5.41) is 22.9. The first-order valence-corrected chi connectivity index (χ1v) is 12.1. The number of nitrogens with zero attached hydrogens (tertiary/aromatic N) is 2. The molecular weight excluding hydrogens is 476 g/mol. The van der Waals surface area contributed by atoms with Crippen LogP contribution in [0.2, 0.25) is 0 Å². The highest BCUT2D eigenvalue weighted by molar-refractivity contribution is 6.35. The van der Waals surface area contributed by atoms with Crippen molar-refractivity contribution < 1.29 is 24.3 Å². The van der Waals surface area contributed by atoms with E-state index in [1.54, 1.807) is 24.3 Å². The second-order valence-corrected chi connectivity index (χ2v) is 9.12. The number of hydrogen-bond acceptors (Lipinski definition) is 6. The van der Waals surface area contributed by atoms with Crippen LogP contribution in [-0.4, -0.2) is 89.2 Å². The van der Waals surface area contributed by atoms with Gasteiger partial charge >= 0.3 is 17.8 Å². The lowest BCUT2D eigenvalue weighted by Crippen LogP contribution is -2.61. The van der Waals surface area contributed by atoms with Crippen molar-refractivity contribution in [3.05, 3.63) is 71.3 Å². The summed E-state index contributed by atoms with van der Waals surface area (Å²) in [6, 6.07) is 14.1. The first-order valence-electron chi connectivity index (χ1n) is 12.1. The van der Waals surface area contributed by atoms with Crippen LogP contribution >= 0.6 is 0 Å².